The minimum atomic E-state index is -1.82. The SMILES string of the molecule is Cc1ccc(OCCOCCN2CCCCC2)c(Br)c1.O=C(O)C(=O)O. The Morgan fingerprint density at radius 2 is 1.73 bits per heavy atom. The number of halogens is 1. The molecule has 1 aliphatic heterocycles. The minimum absolute atomic E-state index is 0.599. The van der Waals surface area contributed by atoms with E-state index in [1.165, 1.54) is 37.9 Å². The van der Waals surface area contributed by atoms with E-state index in [1.807, 2.05) is 6.07 Å². The Balaban J connectivity index is 0.000000487. The van der Waals surface area contributed by atoms with E-state index < -0.39 is 11.9 Å². The Kier molecular flexibility index (Phi) is 10.9. The molecule has 0 spiro atoms. The number of benzene rings is 1. The highest BCUT2D eigenvalue weighted by Crippen LogP contribution is 2.25. The van der Waals surface area contributed by atoms with E-state index in [4.69, 9.17) is 29.3 Å². The van der Waals surface area contributed by atoms with Gasteiger partial charge in [0, 0.05) is 6.54 Å². The van der Waals surface area contributed by atoms with Gasteiger partial charge in [0.25, 0.3) is 0 Å². The summed E-state index contributed by atoms with van der Waals surface area (Å²) in [5, 5.41) is 14.8. The number of nitrogens with zero attached hydrogens (tertiary/aromatic N) is 1. The molecule has 1 aromatic carbocycles. The van der Waals surface area contributed by atoms with Crippen LogP contribution in [-0.2, 0) is 14.3 Å². The maximum atomic E-state index is 9.10. The molecule has 0 unspecified atom stereocenters. The molecule has 1 aromatic rings. The van der Waals surface area contributed by atoms with E-state index in [0.29, 0.717) is 13.2 Å². The zero-order valence-electron chi connectivity index (χ0n) is 14.9. The predicted molar refractivity (Wildman–Crippen MR) is 101 cm³/mol. The molecule has 0 amide bonds. The highest BCUT2D eigenvalue weighted by atomic mass is 79.9. The van der Waals surface area contributed by atoms with Crippen LogP contribution in [0.25, 0.3) is 0 Å². The van der Waals surface area contributed by atoms with Crippen molar-refractivity contribution < 1.29 is 29.3 Å². The van der Waals surface area contributed by atoms with E-state index in [1.54, 1.807) is 0 Å². The summed E-state index contributed by atoms with van der Waals surface area (Å²) in [4.78, 5) is 20.7. The van der Waals surface area contributed by atoms with Gasteiger partial charge < -0.3 is 24.6 Å². The molecule has 0 radical (unpaired) electrons. The van der Waals surface area contributed by atoms with E-state index in [0.717, 1.165) is 23.4 Å². The summed E-state index contributed by atoms with van der Waals surface area (Å²) >= 11 is 3.51. The molecule has 1 aliphatic rings. The number of carbonyl (C=O) groups is 2. The molecule has 8 heteroatoms. The molecule has 0 aromatic heterocycles. The third kappa shape index (κ3) is 9.74. The molecule has 0 atom stereocenters. The second-order valence-electron chi connectivity index (χ2n) is 5.91. The molecule has 0 bridgehead atoms. The molecule has 0 saturated carbocycles. The zero-order valence-corrected chi connectivity index (χ0v) is 16.5. The van der Waals surface area contributed by atoms with Gasteiger partial charge >= 0.3 is 11.9 Å². The standard InChI is InChI=1S/C16H24BrNO2.C2H2O4/c1-14-5-6-16(15(17)13-14)20-12-11-19-10-9-18-7-3-2-4-8-18;3-1(4)2(5)6/h5-6,13H,2-4,7-12H2,1H3;(H,3,4)(H,5,6). The van der Waals surface area contributed by atoms with Crippen LogP contribution >= 0.6 is 15.9 Å². The van der Waals surface area contributed by atoms with Crippen LogP contribution in [0, 0.1) is 6.92 Å². The monoisotopic (exact) mass is 431 g/mol. The van der Waals surface area contributed by atoms with Gasteiger partial charge in [-0.05, 0) is 66.5 Å². The maximum absolute atomic E-state index is 9.10. The fourth-order valence-corrected chi connectivity index (χ4v) is 3.02. The Bertz CT molecular complexity index is 563. The fraction of sp³-hybridized carbons (Fsp3) is 0.556. The molecule has 26 heavy (non-hydrogen) atoms. The van der Waals surface area contributed by atoms with Crippen LogP contribution in [-0.4, -0.2) is 66.5 Å². The largest absolute Gasteiger partial charge is 0.490 e. The molecule has 2 rings (SSSR count). The van der Waals surface area contributed by atoms with Crippen LogP contribution < -0.4 is 4.74 Å². The molecular formula is C18H26BrNO6. The number of ether oxygens (including phenoxy) is 2. The Hall–Kier alpha value is -1.64. The first-order valence-corrected chi connectivity index (χ1v) is 9.34. The number of carboxylic acids is 2. The van der Waals surface area contributed by atoms with E-state index in [-0.39, 0.29) is 0 Å². The van der Waals surface area contributed by atoms with Crippen LogP contribution in [0.4, 0.5) is 0 Å². The number of piperidine rings is 1. The van der Waals surface area contributed by atoms with E-state index >= 15 is 0 Å². The van der Waals surface area contributed by atoms with Gasteiger partial charge in [0.1, 0.15) is 12.4 Å². The number of aryl methyl sites for hydroxylation is 1. The summed E-state index contributed by atoms with van der Waals surface area (Å²) in [6.45, 7) is 7.63. The Labute approximate surface area is 162 Å². The summed E-state index contributed by atoms with van der Waals surface area (Å²) in [7, 11) is 0. The second-order valence-corrected chi connectivity index (χ2v) is 6.76. The van der Waals surface area contributed by atoms with Gasteiger partial charge in [-0.15, -0.1) is 0 Å². The molecule has 2 N–H and O–H groups in total. The fourth-order valence-electron chi connectivity index (χ4n) is 2.41. The molecular weight excluding hydrogens is 406 g/mol. The summed E-state index contributed by atoms with van der Waals surface area (Å²) in [6, 6.07) is 6.11. The smallest absolute Gasteiger partial charge is 0.414 e. The van der Waals surface area contributed by atoms with E-state index in [9.17, 15) is 0 Å². The second kappa shape index (κ2) is 12.7. The lowest BCUT2D eigenvalue weighted by Gasteiger charge is -2.26. The lowest BCUT2D eigenvalue weighted by molar-refractivity contribution is -0.159. The molecule has 0 aliphatic carbocycles. The van der Waals surface area contributed by atoms with Gasteiger partial charge in [0.2, 0.25) is 0 Å². The molecule has 1 saturated heterocycles. The zero-order chi connectivity index (χ0) is 19.4. The minimum Gasteiger partial charge on any atom is -0.490 e. The average Bonchev–Trinajstić information content (AvgIpc) is 2.61. The highest BCUT2D eigenvalue weighted by molar-refractivity contribution is 9.10. The number of likely N-dealkylation sites (tertiary alicyclic amines) is 1. The summed E-state index contributed by atoms with van der Waals surface area (Å²) in [6.07, 6.45) is 4.06. The van der Waals surface area contributed by atoms with Crippen molar-refractivity contribution in [1.82, 2.24) is 4.90 Å². The van der Waals surface area contributed by atoms with Crippen LogP contribution in [0.2, 0.25) is 0 Å². The van der Waals surface area contributed by atoms with Crippen LogP contribution in [0.5, 0.6) is 5.75 Å². The quantitative estimate of drug-likeness (QED) is 0.505. The van der Waals surface area contributed by atoms with Gasteiger partial charge in [0.15, 0.2) is 0 Å². The van der Waals surface area contributed by atoms with Crippen molar-refractivity contribution in [2.24, 2.45) is 0 Å². The lowest BCUT2D eigenvalue weighted by Crippen LogP contribution is -2.32. The van der Waals surface area contributed by atoms with Gasteiger partial charge in [-0.3, -0.25) is 0 Å². The molecule has 1 fully saturated rings. The van der Waals surface area contributed by atoms with Gasteiger partial charge in [-0.2, -0.15) is 0 Å². The molecule has 146 valence electrons. The number of aliphatic carboxylic acids is 2. The van der Waals surface area contributed by atoms with Crippen molar-refractivity contribution in [3.8, 4) is 5.75 Å². The third-order valence-corrected chi connectivity index (χ3v) is 4.38. The van der Waals surface area contributed by atoms with Gasteiger partial charge in [-0.25, -0.2) is 9.59 Å². The normalized spacial score (nSPS) is 14.2. The van der Waals surface area contributed by atoms with Crippen molar-refractivity contribution in [1.29, 1.82) is 0 Å². The Morgan fingerprint density at radius 3 is 2.31 bits per heavy atom. The molecule has 1 heterocycles. The number of hydrogen-bond donors (Lipinski definition) is 2. The predicted octanol–water partition coefficient (Wildman–Crippen LogP) is 2.79. The topological polar surface area (TPSA) is 96.3 Å². The number of hydrogen-bond acceptors (Lipinski definition) is 5. The Morgan fingerprint density at radius 1 is 1.08 bits per heavy atom. The van der Waals surface area contributed by atoms with Crippen molar-refractivity contribution >= 4 is 27.9 Å². The summed E-state index contributed by atoms with van der Waals surface area (Å²) in [5.41, 5.74) is 1.22. The van der Waals surface area contributed by atoms with Crippen molar-refractivity contribution in [3.05, 3.63) is 28.2 Å². The summed E-state index contributed by atoms with van der Waals surface area (Å²) < 4.78 is 12.3. The molecule has 7 nitrogen and oxygen atoms in total. The van der Waals surface area contributed by atoms with Crippen molar-refractivity contribution in [2.45, 2.75) is 26.2 Å². The summed E-state index contributed by atoms with van der Waals surface area (Å²) in [5.74, 6) is -2.76. The third-order valence-electron chi connectivity index (χ3n) is 3.76. The van der Waals surface area contributed by atoms with Crippen LogP contribution in [0.3, 0.4) is 0 Å². The van der Waals surface area contributed by atoms with Crippen molar-refractivity contribution in [2.75, 3.05) is 39.5 Å². The first-order chi connectivity index (χ1) is 12.4. The van der Waals surface area contributed by atoms with Crippen LogP contribution in [0.15, 0.2) is 22.7 Å². The number of carboxylic acid groups (broad SMARTS) is 2. The first kappa shape index (κ1) is 22.4. The first-order valence-electron chi connectivity index (χ1n) is 8.55. The highest BCUT2D eigenvalue weighted by Gasteiger charge is 2.09. The van der Waals surface area contributed by atoms with Crippen LogP contribution in [0.1, 0.15) is 24.8 Å². The lowest BCUT2D eigenvalue weighted by atomic mass is 10.1. The van der Waals surface area contributed by atoms with Crippen molar-refractivity contribution in [3.63, 3.8) is 0 Å². The van der Waals surface area contributed by atoms with Gasteiger partial charge in [0.05, 0.1) is 17.7 Å². The average molecular weight is 432 g/mol. The van der Waals surface area contributed by atoms with Gasteiger partial charge in [-0.1, -0.05) is 12.5 Å². The maximum Gasteiger partial charge on any atom is 0.414 e. The number of rotatable bonds is 7. The van der Waals surface area contributed by atoms with E-state index in [2.05, 4.69) is 39.9 Å².